The minimum atomic E-state index is -0.105. The van der Waals surface area contributed by atoms with Gasteiger partial charge in [-0.2, -0.15) is 23.5 Å². The van der Waals surface area contributed by atoms with E-state index in [-0.39, 0.29) is 6.10 Å². The fourth-order valence-corrected chi connectivity index (χ4v) is 5.95. The van der Waals surface area contributed by atoms with Gasteiger partial charge in [-0.1, -0.05) is 129 Å². The number of unbranched alkanes of at least 4 members (excludes halogenated alkanes) is 18. The Hall–Kier alpha value is 0.660. The minimum Gasteiger partial charge on any atom is -0.391 e. The van der Waals surface area contributed by atoms with E-state index < -0.39 is 0 Å². The first-order valence-electron chi connectivity index (χ1n) is 13.6. The maximum Gasteiger partial charge on any atom is 0.0720 e. The summed E-state index contributed by atoms with van der Waals surface area (Å²) >= 11 is 3.92. The van der Waals surface area contributed by atoms with E-state index in [0.717, 1.165) is 11.5 Å². The molecule has 0 aliphatic rings. The van der Waals surface area contributed by atoms with E-state index in [2.05, 4.69) is 13.8 Å². The number of rotatable bonds is 26. The Labute approximate surface area is 199 Å². The van der Waals surface area contributed by atoms with Crippen molar-refractivity contribution in [2.75, 3.05) is 23.0 Å². The van der Waals surface area contributed by atoms with Gasteiger partial charge in [0.1, 0.15) is 0 Å². The quantitative estimate of drug-likeness (QED) is 0.130. The van der Waals surface area contributed by atoms with Gasteiger partial charge in [-0.25, -0.2) is 0 Å². The van der Waals surface area contributed by atoms with Crippen molar-refractivity contribution >= 4 is 23.5 Å². The second-order valence-electron chi connectivity index (χ2n) is 9.17. The molecule has 0 bridgehead atoms. The molecule has 0 saturated heterocycles. The van der Waals surface area contributed by atoms with Crippen molar-refractivity contribution in [1.29, 1.82) is 0 Å². The zero-order valence-electron chi connectivity index (χ0n) is 20.8. The SMILES string of the molecule is CCCCCCCCCCCCSCC(O)CSCCCCCCCCCCCC. The van der Waals surface area contributed by atoms with Crippen molar-refractivity contribution in [3.05, 3.63) is 0 Å². The summed E-state index contributed by atoms with van der Waals surface area (Å²) in [5, 5.41) is 10.1. The van der Waals surface area contributed by atoms with Crippen molar-refractivity contribution in [2.45, 2.75) is 148 Å². The lowest BCUT2D eigenvalue weighted by Crippen LogP contribution is -2.13. The molecule has 0 aliphatic heterocycles. The highest BCUT2D eigenvalue weighted by Crippen LogP contribution is 2.16. The second kappa shape index (κ2) is 27.7. The largest absolute Gasteiger partial charge is 0.391 e. The lowest BCUT2D eigenvalue weighted by molar-refractivity contribution is 0.225. The molecule has 0 fully saturated rings. The molecule has 0 saturated carbocycles. The molecule has 3 heteroatoms. The molecule has 0 radical (unpaired) electrons. The zero-order chi connectivity index (χ0) is 22.0. The van der Waals surface area contributed by atoms with Gasteiger partial charge in [0.15, 0.2) is 0 Å². The highest BCUT2D eigenvalue weighted by Gasteiger charge is 2.04. The summed E-state index contributed by atoms with van der Waals surface area (Å²) in [6.45, 7) is 4.57. The molecule has 0 amide bonds. The molecule has 0 aromatic heterocycles. The third-order valence-electron chi connectivity index (χ3n) is 5.90. The standard InChI is InChI=1S/C27H56OS2/c1-3-5-7-9-11-13-15-17-19-21-23-29-25-27(28)26-30-24-22-20-18-16-14-12-10-8-6-4-2/h27-28H,3-26H2,1-2H3. The lowest BCUT2D eigenvalue weighted by atomic mass is 10.1. The van der Waals surface area contributed by atoms with Crippen LogP contribution in [0.5, 0.6) is 0 Å². The Balaban J connectivity index is 3.13. The highest BCUT2D eigenvalue weighted by molar-refractivity contribution is 8.00. The van der Waals surface area contributed by atoms with E-state index in [1.165, 1.54) is 140 Å². The Morgan fingerprint density at radius 2 is 0.700 bits per heavy atom. The number of hydrogen-bond donors (Lipinski definition) is 1. The summed E-state index contributed by atoms with van der Waals surface area (Å²) in [5.74, 6) is 4.33. The van der Waals surface area contributed by atoms with Gasteiger partial charge < -0.3 is 5.11 Å². The zero-order valence-corrected chi connectivity index (χ0v) is 22.4. The summed E-state index contributed by atoms with van der Waals surface area (Å²) in [6, 6.07) is 0. The van der Waals surface area contributed by atoms with E-state index >= 15 is 0 Å². The van der Waals surface area contributed by atoms with E-state index in [1.807, 2.05) is 23.5 Å². The molecule has 0 aromatic rings. The molecule has 0 atom stereocenters. The van der Waals surface area contributed by atoms with Crippen LogP contribution in [0.25, 0.3) is 0 Å². The third kappa shape index (κ3) is 26.7. The van der Waals surface area contributed by atoms with Crippen LogP contribution >= 0.6 is 23.5 Å². The minimum absolute atomic E-state index is 0.105. The van der Waals surface area contributed by atoms with E-state index in [0.29, 0.717) is 0 Å². The van der Waals surface area contributed by atoms with Crippen LogP contribution in [-0.4, -0.2) is 34.2 Å². The van der Waals surface area contributed by atoms with Crippen molar-refractivity contribution in [2.24, 2.45) is 0 Å². The van der Waals surface area contributed by atoms with Crippen LogP contribution in [0.15, 0.2) is 0 Å². The van der Waals surface area contributed by atoms with Crippen LogP contribution < -0.4 is 0 Å². The van der Waals surface area contributed by atoms with Gasteiger partial charge >= 0.3 is 0 Å². The monoisotopic (exact) mass is 460 g/mol. The summed E-state index contributed by atoms with van der Waals surface area (Å²) < 4.78 is 0. The summed E-state index contributed by atoms with van der Waals surface area (Å²) in [6.07, 6.45) is 28.0. The van der Waals surface area contributed by atoms with Crippen molar-refractivity contribution < 1.29 is 5.11 Å². The maximum atomic E-state index is 10.1. The molecule has 0 spiro atoms. The molecule has 0 rings (SSSR count). The van der Waals surface area contributed by atoms with E-state index in [1.54, 1.807) is 0 Å². The molecule has 0 aromatic carbocycles. The van der Waals surface area contributed by atoms with Gasteiger partial charge in [0.05, 0.1) is 6.10 Å². The summed E-state index contributed by atoms with van der Waals surface area (Å²) in [4.78, 5) is 0. The van der Waals surface area contributed by atoms with Crippen molar-refractivity contribution in [3.63, 3.8) is 0 Å². The van der Waals surface area contributed by atoms with Crippen LogP contribution in [0.1, 0.15) is 142 Å². The van der Waals surface area contributed by atoms with Crippen LogP contribution in [0.3, 0.4) is 0 Å². The average Bonchev–Trinajstić information content (AvgIpc) is 2.75. The molecule has 30 heavy (non-hydrogen) atoms. The highest BCUT2D eigenvalue weighted by atomic mass is 32.2. The lowest BCUT2D eigenvalue weighted by Gasteiger charge is -2.10. The molecular weight excluding hydrogens is 404 g/mol. The van der Waals surface area contributed by atoms with Gasteiger partial charge in [0, 0.05) is 11.5 Å². The number of aliphatic hydroxyl groups is 1. The Bertz CT molecular complexity index is 271. The molecule has 0 heterocycles. The van der Waals surface area contributed by atoms with Crippen molar-refractivity contribution in [3.8, 4) is 0 Å². The average molecular weight is 461 g/mol. The van der Waals surface area contributed by atoms with Crippen LogP contribution in [0, 0.1) is 0 Å². The second-order valence-corrected chi connectivity index (χ2v) is 11.5. The molecule has 0 unspecified atom stereocenters. The molecule has 0 aliphatic carbocycles. The normalized spacial score (nSPS) is 11.6. The first-order valence-corrected chi connectivity index (χ1v) is 16.0. The third-order valence-corrected chi connectivity index (χ3v) is 8.30. The first-order chi connectivity index (χ1) is 14.8. The summed E-state index contributed by atoms with van der Waals surface area (Å²) in [5.41, 5.74) is 0. The summed E-state index contributed by atoms with van der Waals surface area (Å²) in [7, 11) is 0. The molecule has 1 N–H and O–H groups in total. The smallest absolute Gasteiger partial charge is 0.0720 e. The predicted octanol–water partition coefficient (Wildman–Crippen LogP) is 9.66. The van der Waals surface area contributed by atoms with E-state index in [4.69, 9.17) is 0 Å². The van der Waals surface area contributed by atoms with Crippen LogP contribution in [0.4, 0.5) is 0 Å². The van der Waals surface area contributed by atoms with Gasteiger partial charge in [-0.15, -0.1) is 0 Å². The Morgan fingerprint density at radius 1 is 0.433 bits per heavy atom. The Morgan fingerprint density at radius 3 is 1.00 bits per heavy atom. The van der Waals surface area contributed by atoms with Crippen LogP contribution in [0.2, 0.25) is 0 Å². The van der Waals surface area contributed by atoms with Gasteiger partial charge in [-0.3, -0.25) is 0 Å². The predicted molar refractivity (Wildman–Crippen MR) is 144 cm³/mol. The van der Waals surface area contributed by atoms with Crippen LogP contribution in [-0.2, 0) is 0 Å². The fraction of sp³-hybridized carbons (Fsp3) is 1.00. The topological polar surface area (TPSA) is 20.2 Å². The fourth-order valence-electron chi connectivity index (χ4n) is 3.87. The number of aliphatic hydroxyl groups excluding tert-OH is 1. The maximum absolute atomic E-state index is 10.1. The molecule has 1 nitrogen and oxygen atoms in total. The first kappa shape index (κ1) is 30.7. The van der Waals surface area contributed by atoms with Gasteiger partial charge in [-0.05, 0) is 24.3 Å². The molecule has 182 valence electrons. The van der Waals surface area contributed by atoms with E-state index in [9.17, 15) is 5.11 Å². The van der Waals surface area contributed by atoms with Gasteiger partial charge in [0.25, 0.3) is 0 Å². The number of hydrogen-bond acceptors (Lipinski definition) is 3. The molecular formula is C27H56OS2. The van der Waals surface area contributed by atoms with Gasteiger partial charge in [0.2, 0.25) is 0 Å². The van der Waals surface area contributed by atoms with Crippen molar-refractivity contribution in [1.82, 2.24) is 0 Å². The number of thioether (sulfide) groups is 2. The Kier molecular flexibility index (Phi) is 28.3.